The second-order valence-corrected chi connectivity index (χ2v) is 5.11. The van der Waals surface area contributed by atoms with Gasteiger partial charge in [0, 0.05) is 17.9 Å². The van der Waals surface area contributed by atoms with E-state index in [9.17, 15) is 15.3 Å². The van der Waals surface area contributed by atoms with Gasteiger partial charge in [-0.25, -0.2) is 0 Å². The van der Waals surface area contributed by atoms with Crippen molar-refractivity contribution in [3.05, 3.63) is 65.7 Å². The van der Waals surface area contributed by atoms with Gasteiger partial charge in [0.1, 0.15) is 11.7 Å². The summed E-state index contributed by atoms with van der Waals surface area (Å²) in [7, 11) is 1.57. The molecule has 2 rings (SSSR count). The Kier molecular flexibility index (Phi) is 5.50. The molecular formula is C19H16N2O2. The molecule has 0 spiro atoms. The van der Waals surface area contributed by atoms with Crippen LogP contribution < -0.4 is 4.74 Å². The number of hydrogen-bond donors (Lipinski definition) is 0. The average molecular weight is 304 g/mol. The molecule has 0 aromatic heterocycles. The van der Waals surface area contributed by atoms with Gasteiger partial charge in [0.2, 0.25) is 0 Å². The summed E-state index contributed by atoms with van der Waals surface area (Å²) in [4.78, 5) is 12.4. The summed E-state index contributed by atoms with van der Waals surface area (Å²) in [5, 5.41) is 18.5. The molecule has 0 aliphatic rings. The Morgan fingerprint density at radius 3 is 2.17 bits per heavy atom. The van der Waals surface area contributed by atoms with E-state index >= 15 is 0 Å². The van der Waals surface area contributed by atoms with Crippen molar-refractivity contribution in [3.63, 3.8) is 0 Å². The molecular weight excluding hydrogens is 288 g/mol. The molecule has 0 radical (unpaired) electrons. The molecule has 4 nitrogen and oxygen atoms in total. The summed E-state index contributed by atoms with van der Waals surface area (Å²) in [6, 6.07) is 20.0. The van der Waals surface area contributed by atoms with Crippen molar-refractivity contribution in [1.29, 1.82) is 10.5 Å². The minimum absolute atomic E-state index is 0.0816. The maximum atomic E-state index is 12.4. The largest absolute Gasteiger partial charge is 0.497 e. The molecule has 0 amide bonds. The van der Waals surface area contributed by atoms with Crippen LogP contribution in [0.15, 0.2) is 54.6 Å². The van der Waals surface area contributed by atoms with Crippen molar-refractivity contribution in [2.45, 2.75) is 12.3 Å². The average Bonchev–Trinajstić information content (AvgIpc) is 2.62. The lowest BCUT2D eigenvalue weighted by Crippen LogP contribution is -2.15. The summed E-state index contributed by atoms with van der Waals surface area (Å²) >= 11 is 0. The minimum atomic E-state index is -0.879. The van der Waals surface area contributed by atoms with Crippen molar-refractivity contribution in [2.75, 3.05) is 7.11 Å². The van der Waals surface area contributed by atoms with Gasteiger partial charge < -0.3 is 4.74 Å². The van der Waals surface area contributed by atoms with Gasteiger partial charge in [0.15, 0.2) is 5.78 Å². The summed E-state index contributed by atoms with van der Waals surface area (Å²) in [6.45, 7) is 0. The van der Waals surface area contributed by atoms with E-state index in [0.717, 1.165) is 5.56 Å². The highest BCUT2D eigenvalue weighted by atomic mass is 16.5. The Balaban J connectivity index is 2.29. The fourth-order valence-electron chi connectivity index (χ4n) is 2.43. The van der Waals surface area contributed by atoms with Crippen LogP contribution in [0.25, 0.3) is 0 Å². The Labute approximate surface area is 135 Å². The normalized spacial score (nSPS) is 11.3. The quantitative estimate of drug-likeness (QED) is 0.762. The first-order chi connectivity index (χ1) is 11.2. The fourth-order valence-corrected chi connectivity index (χ4v) is 2.43. The van der Waals surface area contributed by atoms with Gasteiger partial charge >= 0.3 is 0 Å². The van der Waals surface area contributed by atoms with Crippen molar-refractivity contribution < 1.29 is 9.53 Å². The molecule has 0 aliphatic carbocycles. The Morgan fingerprint density at radius 2 is 1.65 bits per heavy atom. The standard InChI is InChI=1S/C19H16N2O2/c1-23-17-9-7-14(8-10-17)18(16(12-20)13-21)11-19(22)15-5-3-2-4-6-15/h2-10,16,18H,11H2,1H3. The van der Waals surface area contributed by atoms with Crippen LogP contribution in [0.2, 0.25) is 0 Å². The van der Waals surface area contributed by atoms with E-state index in [2.05, 4.69) is 0 Å². The summed E-state index contributed by atoms with van der Waals surface area (Å²) in [5.74, 6) is -0.742. The van der Waals surface area contributed by atoms with Crippen LogP contribution in [-0.4, -0.2) is 12.9 Å². The van der Waals surface area contributed by atoms with Crippen molar-refractivity contribution in [2.24, 2.45) is 5.92 Å². The highest BCUT2D eigenvalue weighted by molar-refractivity contribution is 5.96. The lowest BCUT2D eigenvalue weighted by atomic mass is 9.83. The molecule has 0 aliphatic heterocycles. The van der Waals surface area contributed by atoms with Crippen molar-refractivity contribution in [3.8, 4) is 17.9 Å². The first-order valence-electron chi connectivity index (χ1n) is 7.21. The van der Waals surface area contributed by atoms with Gasteiger partial charge in [0.05, 0.1) is 19.2 Å². The number of hydrogen-bond acceptors (Lipinski definition) is 4. The van der Waals surface area contributed by atoms with Gasteiger partial charge in [-0.15, -0.1) is 0 Å². The fraction of sp³-hybridized carbons (Fsp3) is 0.211. The van der Waals surface area contributed by atoms with E-state index in [-0.39, 0.29) is 12.2 Å². The molecule has 1 atom stereocenters. The second kappa shape index (κ2) is 7.77. The van der Waals surface area contributed by atoms with Gasteiger partial charge in [-0.05, 0) is 17.7 Å². The van der Waals surface area contributed by atoms with Gasteiger partial charge in [-0.2, -0.15) is 10.5 Å². The molecule has 0 saturated heterocycles. The van der Waals surface area contributed by atoms with Crippen LogP contribution in [0.1, 0.15) is 28.3 Å². The first-order valence-corrected chi connectivity index (χ1v) is 7.21. The number of ketones is 1. The molecule has 2 aromatic carbocycles. The molecule has 23 heavy (non-hydrogen) atoms. The lowest BCUT2D eigenvalue weighted by molar-refractivity contribution is 0.0971. The predicted molar refractivity (Wildman–Crippen MR) is 85.8 cm³/mol. The third-order valence-electron chi connectivity index (χ3n) is 3.73. The van der Waals surface area contributed by atoms with E-state index in [4.69, 9.17) is 4.74 Å². The van der Waals surface area contributed by atoms with Crippen LogP contribution in [0.4, 0.5) is 0 Å². The zero-order valence-electron chi connectivity index (χ0n) is 12.8. The smallest absolute Gasteiger partial charge is 0.163 e. The number of ether oxygens (including phenoxy) is 1. The van der Waals surface area contributed by atoms with Crippen molar-refractivity contribution in [1.82, 2.24) is 0 Å². The van der Waals surface area contributed by atoms with E-state index in [1.807, 2.05) is 18.2 Å². The zero-order valence-corrected chi connectivity index (χ0v) is 12.8. The van der Waals surface area contributed by atoms with Crippen LogP contribution in [0.5, 0.6) is 5.75 Å². The molecule has 4 heteroatoms. The van der Waals surface area contributed by atoms with Crippen LogP contribution in [0, 0.1) is 28.6 Å². The van der Waals surface area contributed by atoms with Crippen molar-refractivity contribution >= 4 is 5.78 Å². The SMILES string of the molecule is COc1ccc(C(CC(=O)c2ccccc2)C(C#N)C#N)cc1. The maximum absolute atomic E-state index is 12.4. The molecule has 0 heterocycles. The summed E-state index contributed by atoms with van der Waals surface area (Å²) in [5.41, 5.74) is 1.36. The maximum Gasteiger partial charge on any atom is 0.163 e. The highest BCUT2D eigenvalue weighted by Gasteiger charge is 2.26. The molecule has 1 unspecified atom stereocenters. The number of methoxy groups -OCH3 is 1. The molecule has 0 bridgehead atoms. The third kappa shape index (κ3) is 3.96. The first kappa shape index (κ1) is 16.3. The predicted octanol–water partition coefficient (Wildman–Crippen LogP) is 3.72. The molecule has 0 fully saturated rings. The van der Waals surface area contributed by atoms with E-state index in [0.29, 0.717) is 11.3 Å². The number of carbonyl (C=O) groups excluding carboxylic acids is 1. The third-order valence-corrected chi connectivity index (χ3v) is 3.73. The van der Waals surface area contributed by atoms with E-state index in [1.165, 1.54) is 0 Å². The zero-order chi connectivity index (χ0) is 16.7. The number of Topliss-reactive ketones (excluding diaryl/α,β-unsaturated/α-hetero) is 1. The number of nitriles is 2. The molecule has 0 N–H and O–H groups in total. The van der Waals surface area contributed by atoms with E-state index in [1.54, 1.807) is 55.6 Å². The van der Waals surface area contributed by atoms with Crippen LogP contribution in [-0.2, 0) is 0 Å². The topological polar surface area (TPSA) is 73.9 Å². The molecule has 114 valence electrons. The number of nitrogens with zero attached hydrogens (tertiary/aromatic N) is 2. The minimum Gasteiger partial charge on any atom is -0.497 e. The Morgan fingerprint density at radius 1 is 1.04 bits per heavy atom. The van der Waals surface area contributed by atoms with Gasteiger partial charge in [-0.1, -0.05) is 42.5 Å². The summed E-state index contributed by atoms with van der Waals surface area (Å²) < 4.78 is 5.12. The lowest BCUT2D eigenvalue weighted by Gasteiger charge is -2.17. The monoisotopic (exact) mass is 304 g/mol. The van der Waals surface area contributed by atoms with Gasteiger partial charge in [0.25, 0.3) is 0 Å². The number of rotatable bonds is 6. The van der Waals surface area contributed by atoms with E-state index < -0.39 is 11.8 Å². The molecule has 2 aromatic rings. The van der Waals surface area contributed by atoms with Crippen LogP contribution in [0.3, 0.4) is 0 Å². The second-order valence-electron chi connectivity index (χ2n) is 5.11. The number of benzene rings is 2. The Hall–Kier alpha value is -3.11. The number of carbonyl (C=O) groups is 1. The van der Waals surface area contributed by atoms with Gasteiger partial charge in [-0.3, -0.25) is 4.79 Å². The highest BCUT2D eigenvalue weighted by Crippen LogP contribution is 2.30. The Bertz CT molecular complexity index is 726. The molecule has 0 saturated carbocycles. The summed E-state index contributed by atoms with van der Waals surface area (Å²) in [6.07, 6.45) is 0.113. The van der Waals surface area contributed by atoms with Crippen LogP contribution >= 0.6 is 0 Å².